The predicted molar refractivity (Wildman–Crippen MR) is 68.2 cm³/mol. The summed E-state index contributed by atoms with van der Waals surface area (Å²) in [7, 11) is 1.60. The lowest BCUT2D eigenvalue weighted by molar-refractivity contribution is -0.117. The highest BCUT2D eigenvalue weighted by molar-refractivity contribution is 9.09. The third-order valence-corrected chi connectivity index (χ3v) is 2.30. The second kappa shape index (κ2) is 8.24. The van der Waals surface area contributed by atoms with Gasteiger partial charge in [0, 0.05) is 7.05 Å². The fraction of sp³-hybridized carbons (Fsp3) is 0.182. The molecule has 0 heterocycles. The molecule has 0 saturated heterocycles. The van der Waals surface area contributed by atoms with Crippen LogP contribution in [0.15, 0.2) is 24.3 Å². The maximum absolute atomic E-state index is 10.5. The summed E-state index contributed by atoms with van der Waals surface area (Å²) in [6.45, 7) is 0. The molecule has 0 aliphatic rings. The zero-order valence-corrected chi connectivity index (χ0v) is 11.1. The molecule has 98 valence electrons. The molecule has 0 saturated carbocycles. The first kappa shape index (κ1) is 16.1. The highest BCUT2D eigenvalue weighted by Crippen LogP contribution is 2.07. The van der Waals surface area contributed by atoms with E-state index in [1.54, 1.807) is 7.05 Å². The van der Waals surface area contributed by atoms with Gasteiger partial charge in [0.15, 0.2) is 0 Å². The number of carbonyl (C=O) groups is 3. The van der Waals surface area contributed by atoms with Crippen LogP contribution in [-0.4, -0.2) is 40.4 Å². The van der Waals surface area contributed by atoms with Crippen molar-refractivity contribution in [3.05, 3.63) is 35.4 Å². The van der Waals surface area contributed by atoms with Crippen molar-refractivity contribution >= 4 is 33.8 Å². The van der Waals surface area contributed by atoms with Crippen molar-refractivity contribution < 1.29 is 24.6 Å². The fourth-order valence-electron chi connectivity index (χ4n) is 0.923. The Morgan fingerprint density at radius 1 is 1.11 bits per heavy atom. The van der Waals surface area contributed by atoms with E-state index >= 15 is 0 Å². The molecule has 0 aliphatic heterocycles. The SMILES string of the molecule is CNC(=O)CBr.O=C(O)c1ccccc1C(=O)O. The fourth-order valence-corrected chi connectivity index (χ4v) is 1.20. The quantitative estimate of drug-likeness (QED) is 0.727. The number of amides is 1. The number of carbonyl (C=O) groups excluding carboxylic acids is 1. The molecule has 0 aliphatic carbocycles. The lowest BCUT2D eigenvalue weighted by atomic mass is 10.1. The summed E-state index contributed by atoms with van der Waals surface area (Å²) < 4.78 is 0. The average molecular weight is 318 g/mol. The molecule has 0 fully saturated rings. The van der Waals surface area contributed by atoms with Crippen LogP contribution in [0.1, 0.15) is 20.7 Å². The number of alkyl halides is 1. The predicted octanol–water partition coefficient (Wildman–Crippen LogP) is 1.21. The summed E-state index contributed by atoms with van der Waals surface area (Å²) in [6.07, 6.45) is 0. The summed E-state index contributed by atoms with van der Waals surface area (Å²) >= 11 is 2.96. The minimum Gasteiger partial charge on any atom is -0.478 e. The number of rotatable bonds is 3. The molecule has 0 radical (unpaired) electrons. The van der Waals surface area contributed by atoms with E-state index in [1.165, 1.54) is 24.3 Å². The Hall–Kier alpha value is -1.89. The van der Waals surface area contributed by atoms with Gasteiger partial charge in [0.2, 0.25) is 5.91 Å². The van der Waals surface area contributed by atoms with Crippen molar-refractivity contribution in [3.8, 4) is 0 Å². The van der Waals surface area contributed by atoms with Crippen LogP contribution in [0.5, 0.6) is 0 Å². The third-order valence-electron chi connectivity index (χ3n) is 1.79. The van der Waals surface area contributed by atoms with E-state index in [1.807, 2.05) is 0 Å². The molecule has 7 heteroatoms. The van der Waals surface area contributed by atoms with Gasteiger partial charge in [0.25, 0.3) is 0 Å². The highest BCUT2D eigenvalue weighted by atomic mass is 79.9. The Labute approximate surface area is 112 Å². The van der Waals surface area contributed by atoms with Crippen molar-refractivity contribution in [2.24, 2.45) is 0 Å². The van der Waals surface area contributed by atoms with Gasteiger partial charge in [0.05, 0.1) is 16.5 Å². The van der Waals surface area contributed by atoms with Crippen LogP contribution in [0.4, 0.5) is 0 Å². The number of nitrogens with one attached hydrogen (secondary N) is 1. The van der Waals surface area contributed by atoms with Crippen LogP contribution >= 0.6 is 15.9 Å². The first-order chi connectivity index (χ1) is 8.43. The molecular weight excluding hydrogens is 306 g/mol. The second-order valence-corrected chi connectivity index (χ2v) is 3.52. The van der Waals surface area contributed by atoms with Crippen molar-refractivity contribution in [1.82, 2.24) is 5.32 Å². The Balaban J connectivity index is 0.000000411. The van der Waals surface area contributed by atoms with E-state index in [2.05, 4.69) is 21.2 Å². The molecule has 0 unspecified atom stereocenters. The van der Waals surface area contributed by atoms with Gasteiger partial charge in [-0.05, 0) is 12.1 Å². The van der Waals surface area contributed by atoms with Crippen LogP contribution in [0.25, 0.3) is 0 Å². The smallest absolute Gasteiger partial charge is 0.336 e. The van der Waals surface area contributed by atoms with E-state index in [0.29, 0.717) is 5.33 Å². The van der Waals surface area contributed by atoms with Gasteiger partial charge in [-0.25, -0.2) is 9.59 Å². The molecule has 18 heavy (non-hydrogen) atoms. The van der Waals surface area contributed by atoms with Crippen molar-refractivity contribution in [2.75, 3.05) is 12.4 Å². The Kier molecular flexibility index (Phi) is 7.37. The van der Waals surface area contributed by atoms with E-state index in [4.69, 9.17) is 10.2 Å². The van der Waals surface area contributed by atoms with Gasteiger partial charge in [-0.1, -0.05) is 28.1 Å². The summed E-state index contributed by atoms with van der Waals surface area (Å²) in [5, 5.41) is 19.9. The number of hydrogen-bond donors (Lipinski definition) is 3. The number of benzene rings is 1. The summed E-state index contributed by atoms with van der Waals surface area (Å²) in [6, 6.07) is 5.48. The molecule has 1 rings (SSSR count). The number of aromatic carboxylic acids is 2. The summed E-state index contributed by atoms with van der Waals surface area (Å²) in [5.74, 6) is -2.45. The van der Waals surface area contributed by atoms with Crippen molar-refractivity contribution in [3.63, 3.8) is 0 Å². The zero-order chi connectivity index (χ0) is 14.1. The van der Waals surface area contributed by atoms with Gasteiger partial charge in [0.1, 0.15) is 0 Å². The number of hydrogen-bond acceptors (Lipinski definition) is 3. The summed E-state index contributed by atoms with van der Waals surface area (Å²) in [5.41, 5.74) is -0.380. The largest absolute Gasteiger partial charge is 0.478 e. The first-order valence-corrected chi connectivity index (χ1v) is 5.88. The second-order valence-electron chi connectivity index (χ2n) is 2.96. The van der Waals surface area contributed by atoms with Crippen LogP contribution in [0, 0.1) is 0 Å². The third kappa shape index (κ3) is 5.44. The maximum atomic E-state index is 10.5. The lowest BCUT2D eigenvalue weighted by Gasteiger charge is -1.98. The van der Waals surface area contributed by atoms with E-state index < -0.39 is 11.9 Å². The molecule has 0 bridgehead atoms. The Bertz CT molecular complexity index is 408. The lowest BCUT2D eigenvalue weighted by Crippen LogP contribution is -2.18. The van der Waals surface area contributed by atoms with Gasteiger partial charge < -0.3 is 15.5 Å². The topological polar surface area (TPSA) is 104 Å². The highest BCUT2D eigenvalue weighted by Gasteiger charge is 2.13. The minimum atomic E-state index is -1.23. The summed E-state index contributed by atoms with van der Waals surface area (Å²) in [4.78, 5) is 30.9. The van der Waals surface area contributed by atoms with Crippen molar-refractivity contribution in [2.45, 2.75) is 0 Å². The standard InChI is InChI=1S/C8H6O4.C3H6BrNO/c9-7(10)5-3-1-2-4-6(5)8(11)12;1-5-3(6)2-4/h1-4H,(H,9,10)(H,11,12);2H2,1H3,(H,5,6). The van der Waals surface area contributed by atoms with Gasteiger partial charge >= 0.3 is 11.9 Å². The molecule has 1 amide bonds. The van der Waals surface area contributed by atoms with Gasteiger partial charge in [-0.3, -0.25) is 4.79 Å². The molecule has 1 aromatic carbocycles. The molecule has 0 spiro atoms. The molecule has 0 aromatic heterocycles. The molecule has 3 N–H and O–H groups in total. The molecular formula is C11H12BrNO5. The maximum Gasteiger partial charge on any atom is 0.336 e. The number of carboxylic acids is 2. The van der Waals surface area contributed by atoms with E-state index in [-0.39, 0.29) is 17.0 Å². The average Bonchev–Trinajstić information content (AvgIpc) is 2.38. The van der Waals surface area contributed by atoms with E-state index in [0.717, 1.165) is 0 Å². The number of halogens is 1. The van der Waals surface area contributed by atoms with Gasteiger partial charge in [-0.15, -0.1) is 0 Å². The molecule has 0 atom stereocenters. The van der Waals surface area contributed by atoms with Crippen LogP contribution in [0.2, 0.25) is 0 Å². The van der Waals surface area contributed by atoms with Crippen LogP contribution < -0.4 is 5.32 Å². The first-order valence-electron chi connectivity index (χ1n) is 4.76. The molecule has 1 aromatic rings. The monoisotopic (exact) mass is 317 g/mol. The molecule has 6 nitrogen and oxygen atoms in total. The van der Waals surface area contributed by atoms with Crippen LogP contribution in [0.3, 0.4) is 0 Å². The Morgan fingerprint density at radius 2 is 1.50 bits per heavy atom. The Morgan fingerprint density at radius 3 is 1.67 bits per heavy atom. The zero-order valence-electron chi connectivity index (χ0n) is 9.51. The van der Waals surface area contributed by atoms with Crippen LogP contribution in [-0.2, 0) is 4.79 Å². The van der Waals surface area contributed by atoms with Crippen molar-refractivity contribution in [1.29, 1.82) is 0 Å². The normalized spacial score (nSPS) is 8.78. The minimum absolute atomic E-state index is 0.00926. The number of carboxylic acid groups (broad SMARTS) is 2. The van der Waals surface area contributed by atoms with E-state index in [9.17, 15) is 14.4 Å². The van der Waals surface area contributed by atoms with Gasteiger partial charge in [-0.2, -0.15) is 0 Å².